The minimum absolute atomic E-state index is 0. The second-order valence-electron chi connectivity index (χ2n) is 8.42. The molecule has 2 saturated heterocycles. The number of alkyl carbamates (subject to hydrolysis) is 1. The SMILES string of the molecule is C[C@@H]1OCC2(CCN(c3nc[c-]nc3CO)CC2)[C@@H]1NC(=O)OC(C)(C)C.[Na+].[SH-]. The van der Waals surface area contributed by atoms with E-state index in [1.54, 1.807) is 0 Å². The molecule has 3 heterocycles. The van der Waals surface area contributed by atoms with Crippen LogP contribution in [-0.2, 0) is 29.6 Å². The molecule has 2 fully saturated rings. The molecule has 158 valence electrons. The van der Waals surface area contributed by atoms with Crippen molar-refractivity contribution in [3.8, 4) is 0 Å². The third-order valence-electron chi connectivity index (χ3n) is 5.35. The molecule has 29 heavy (non-hydrogen) atoms. The second-order valence-corrected chi connectivity index (χ2v) is 8.42. The summed E-state index contributed by atoms with van der Waals surface area (Å²) < 4.78 is 11.4. The van der Waals surface area contributed by atoms with Gasteiger partial charge in [-0.1, -0.05) is 0 Å². The fourth-order valence-electron chi connectivity index (χ4n) is 4.00. The van der Waals surface area contributed by atoms with Gasteiger partial charge in [0, 0.05) is 25.1 Å². The van der Waals surface area contributed by atoms with Gasteiger partial charge < -0.3 is 43.3 Å². The number of nitrogens with one attached hydrogen (secondary N) is 1. The van der Waals surface area contributed by atoms with Gasteiger partial charge in [-0.3, -0.25) is 4.98 Å². The smallest absolute Gasteiger partial charge is 0.813 e. The number of ether oxygens (including phenoxy) is 2. The Morgan fingerprint density at radius 1 is 1.45 bits per heavy atom. The molecule has 2 aliphatic heterocycles. The monoisotopic (exact) mass is 433 g/mol. The molecular formula is C19H30N4NaO4S-. The molecule has 8 nitrogen and oxygen atoms in total. The first kappa shape index (κ1) is 26.5. The molecule has 2 N–H and O–H groups in total. The predicted octanol–water partition coefficient (Wildman–Crippen LogP) is -1.60. The molecule has 3 rings (SSSR count). The average Bonchev–Trinajstić information content (AvgIpc) is 2.90. The number of aromatic nitrogens is 2. The summed E-state index contributed by atoms with van der Waals surface area (Å²) in [6.45, 7) is 9.52. The maximum atomic E-state index is 12.3. The van der Waals surface area contributed by atoms with Gasteiger partial charge >= 0.3 is 35.7 Å². The number of thiol groups is 1. The van der Waals surface area contributed by atoms with Crippen LogP contribution in [0.25, 0.3) is 0 Å². The van der Waals surface area contributed by atoms with Crippen LogP contribution in [0.3, 0.4) is 0 Å². The van der Waals surface area contributed by atoms with Crippen molar-refractivity contribution in [3.05, 3.63) is 18.1 Å². The van der Waals surface area contributed by atoms with Crippen LogP contribution < -0.4 is 39.8 Å². The largest absolute Gasteiger partial charge is 1.00 e. The van der Waals surface area contributed by atoms with E-state index in [-0.39, 0.29) is 67.2 Å². The van der Waals surface area contributed by atoms with Gasteiger partial charge in [-0.25, -0.2) is 4.79 Å². The van der Waals surface area contributed by atoms with E-state index in [1.165, 1.54) is 6.20 Å². The maximum Gasteiger partial charge on any atom is 1.00 e. The first-order valence-electron chi connectivity index (χ1n) is 9.43. The molecule has 1 aromatic heterocycles. The average molecular weight is 434 g/mol. The van der Waals surface area contributed by atoms with Gasteiger partial charge in [0.05, 0.1) is 24.6 Å². The fourth-order valence-corrected chi connectivity index (χ4v) is 4.00. The van der Waals surface area contributed by atoms with Gasteiger partial charge in [0.1, 0.15) is 5.60 Å². The van der Waals surface area contributed by atoms with Crippen LogP contribution in [-0.4, -0.2) is 58.6 Å². The summed E-state index contributed by atoms with van der Waals surface area (Å²) in [6, 6.07) is -0.0954. The third-order valence-corrected chi connectivity index (χ3v) is 5.35. The van der Waals surface area contributed by atoms with Gasteiger partial charge in [0.25, 0.3) is 0 Å². The molecule has 2 aliphatic rings. The van der Waals surface area contributed by atoms with Gasteiger partial charge in [-0.2, -0.15) is 0 Å². The first-order chi connectivity index (χ1) is 12.7. The maximum absolute atomic E-state index is 12.3. The standard InChI is InChI=1S/C19H29N4O4.Na.H2S/c1-13-15(22-17(25)27-18(2,3)4)19(12-26-13)5-9-23(10-6-19)16-14(11-24)20-7-8-21-16;;/h8,13,15,24H,5-6,9-12H2,1-4H3,(H,22,25);;1H2/q-1;+1;/p-1/t13-,15+;;/m0../s1. The Morgan fingerprint density at radius 3 is 2.69 bits per heavy atom. The minimum Gasteiger partial charge on any atom is -0.813 e. The number of hydrogen-bond acceptors (Lipinski definition) is 8. The van der Waals surface area contributed by atoms with Gasteiger partial charge in [-0.15, -0.1) is 6.20 Å². The molecule has 0 radical (unpaired) electrons. The Kier molecular flexibility index (Phi) is 9.70. The summed E-state index contributed by atoms with van der Waals surface area (Å²) in [7, 11) is 0. The Hall–Kier alpha value is -0.580. The number of carbonyl (C=O) groups excluding carboxylic acids is 1. The van der Waals surface area contributed by atoms with Crippen molar-refractivity contribution >= 4 is 25.4 Å². The molecule has 2 atom stereocenters. The summed E-state index contributed by atoms with van der Waals surface area (Å²) in [5.74, 6) is 0.703. The third kappa shape index (κ3) is 6.21. The zero-order valence-electron chi connectivity index (χ0n) is 17.9. The van der Waals surface area contributed by atoms with Crippen molar-refractivity contribution in [1.82, 2.24) is 15.3 Å². The Bertz CT molecular complexity index is 680. The van der Waals surface area contributed by atoms with E-state index in [2.05, 4.69) is 26.4 Å². The van der Waals surface area contributed by atoms with Crippen LogP contribution in [0.1, 0.15) is 46.2 Å². The zero-order valence-corrected chi connectivity index (χ0v) is 20.8. The molecule has 0 unspecified atom stereocenters. The van der Waals surface area contributed by atoms with Crippen molar-refractivity contribution in [1.29, 1.82) is 0 Å². The van der Waals surface area contributed by atoms with Gasteiger partial charge in [-0.05, 0) is 52.4 Å². The Labute approximate surface area is 201 Å². The minimum atomic E-state index is -0.535. The number of aliphatic hydroxyl groups excluding tert-OH is 1. The molecule has 0 saturated carbocycles. The number of carbonyl (C=O) groups is 1. The number of amides is 1. The van der Waals surface area contributed by atoms with Gasteiger partial charge in [0.2, 0.25) is 0 Å². The fraction of sp³-hybridized carbons (Fsp3) is 0.737. The normalized spacial score (nSPS) is 23.1. The van der Waals surface area contributed by atoms with Crippen LogP contribution in [0.4, 0.5) is 10.6 Å². The van der Waals surface area contributed by atoms with Crippen molar-refractivity contribution in [3.63, 3.8) is 0 Å². The van der Waals surface area contributed by atoms with Crippen LogP contribution in [0.15, 0.2) is 6.20 Å². The van der Waals surface area contributed by atoms with E-state index in [0.717, 1.165) is 25.9 Å². The topological polar surface area (TPSA) is 96.8 Å². The molecule has 1 aromatic rings. The van der Waals surface area contributed by atoms with Crippen LogP contribution in [0.5, 0.6) is 0 Å². The molecule has 1 amide bonds. The van der Waals surface area contributed by atoms with Crippen molar-refractivity contribution in [2.45, 2.75) is 64.9 Å². The number of anilines is 1. The molecule has 0 bridgehead atoms. The van der Waals surface area contributed by atoms with Crippen molar-refractivity contribution < 1.29 is 48.9 Å². The number of piperidine rings is 1. The number of nitrogens with zero attached hydrogens (tertiary/aromatic N) is 3. The van der Waals surface area contributed by atoms with Crippen LogP contribution in [0.2, 0.25) is 0 Å². The Morgan fingerprint density at radius 2 is 2.10 bits per heavy atom. The predicted molar refractivity (Wildman–Crippen MR) is 108 cm³/mol. The summed E-state index contributed by atoms with van der Waals surface area (Å²) >= 11 is 0. The Balaban J connectivity index is 0.00000210. The summed E-state index contributed by atoms with van der Waals surface area (Å²) in [5.41, 5.74) is -0.124. The quantitative estimate of drug-likeness (QED) is 0.255. The molecule has 0 aliphatic carbocycles. The van der Waals surface area contributed by atoms with Crippen molar-refractivity contribution in [2.24, 2.45) is 5.41 Å². The van der Waals surface area contributed by atoms with E-state index < -0.39 is 11.7 Å². The molecule has 10 heteroatoms. The number of hydrogen-bond donors (Lipinski definition) is 2. The van der Waals surface area contributed by atoms with E-state index in [4.69, 9.17) is 9.47 Å². The van der Waals surface area contributed by atoms with Crippen LogP contribution in [0, 0.1) is 11.6 Å². The number of aliphatic hydroxyl groups is 1. The number of rotatable bonds is 3. The molecular weight excluding hydrogens is 403 g/mol. The van der Waals surface area contributed by atoms with Crippen LogP contribution >= 0.6 is 0 Å². The second kappa shape index (κ2) is 10.6. The van der Waals surface area contributed by atoms with E-state index in [0.29, 0.717) is 18.1 Å². The summed E-state index contributed by atoms with van der Waals surface area (Å²) in [5, 5.41) is 12.5. The van der Waals surface area contributed by atoms with E-state index in [1.807, 2.05) is 27.7 Å². The van der Waals surface area contributed by atoms with Crippen molar-refractivity contribution in [2.75, 3.05) is 24.6 Å². The van der Waals surface area contributed by atoms with E-state index >= 15 is 0 Å². The van der Waals surface area contributed by atoms with E-state index in [9.17, 15) is 9.90 Å². The summed E-state index contributed by atoms with van der Waals surface area (Å²) in [4.78, 5) is 22.9. The first-order valence-corrected chi connectivity index (χ1v) is 9.43. The zero-order chi connectivity index (χ0) is 19.7. The van der Waals surface area contributed by atoms with Gasteiger partial charge in [0.15, 0.2) is 0 Å². The summed E-state index contributed by atoms with van der Waals surface area (Å²) in [6.07, 6.45) is 5.41. The molecule has 0 aromatic carbocycles. The molecule has 1 spiro atoms.